The summed E-state index contributed by atoms with van der Waals surface area (Å²) in [6.45, 7) is 10.0. The van der Waals surface area contributed by atoms with E-state index in [1.807, 2.05) is 52.0 Å². The molecular weight excluding hydrogens is 957 g/mol. The Morgan fingerprint density at radius 2 is 1.07 bits per heavy atom. The van der Waals surface area contributed by atoms with Gasteiger partial charge in [-0.2, -0.15) is 26.3 Å². The monoisotopic (exact) mass is 1010 g/mol. The molecule has 2 amide bonds. The van der Waals surface area contributed by atoms with Crippen LogP contribution < -0.4 is 20.1 Å². The highest BCUT2D eigenvalue weighted by molar-refractivity contribution is 5.95. The average Bonchev–Trinajstić information content (AvgIpc) is 3.34. The van der Waals surface area contributed by atoms with Crippen LogP contribution in [0.1, 0.15) is 119 Å². The SMILES string of the molecule is CCCCC(Oc1ccc(-c2ccc(C(F)(F)F)cc2)nc1)c1ccc(C(=O)NCCC(=O)O)cc1.Cc1cc(OC(c2ccc(C(=O)NCCC(=O)O)cc2)C(C)C)cc(C)c1-c1ccc(C(F)(F)F)cc1. The van der Waals surface area contributed by atoms with Crippen molar-refractivity contribution in [1.82, 2.24) is 15.6 Å². The van der Waals surface area contributed by atoms with E-state index >= 15 is 0 Å². The van der Waals surface area contributed by atoms with Crippen molar-refractivity contribution in [3.05, 3.63) is 172 Å². The van der Waals surface area contributed by atoms with Crippen molar-refractivity contribution in [3.63, 3.8) is 0 Å². The maximum Gasteiger partial charge on any atom is 0.416 e. The van der Waals surface area contributed by atoms with Gasteiger partial charge < -0.3 is 30.3 Å². The Bertz CT molecular complexity index is 2760. The van der Waals surface area contributed by atoms with Crippen LogP contribution in [-0.4, -0.2) is 52.0 Å². The number of nitrogens with one attached hydrogen (secondary N) is 2. The molecule has 386 valence electrons. The van der Waals surface area contributed by atoms with Crippen molar-refractivity contribution >= 4 is 23.8 Å². The number of aliphatic carboxylic acids is 2. The summed E-state index contributed by atoms with van der Waals surface area (Å²) in [5.41, 5.74) is 5.60. The van der Waals surface area contributed by atoms with Gasteiger partial charge in [-0.25, -0.2) is 0 Å². The quantitative estimate of drug-likeness (QED) is 0.0545. The van der Waals surface area contributed by atoms with Crippen LogP contribution >= 0.6 is 0 Å². The second-order valence-corrected chi connectivity index (χ2v) is 17.5. The number of carbonyl (C=O) groups is 4. The number of unbranched alkanes of at least 4 members (excludes halogenated alkanes) is 1. The number of ether oxygens (including phenoxy) is 2. The van der Waals surface area contributed by atoms with Crippen LogP contribution in [0.5, 0.6) is 11.5 Å². The van der Waals surface area contributed by atoms with E-state index in [1.165, 1.54) is 30.5 Å². The second kappa shape index (κ2) is 25.6. The molecule has 4 N–H and O–H groups in total. The molecule has 0 radical (unpaired) electrons. The summed E-state index contributed by atoms with van der Waals surface area (Å²) in [7, 11) is 0. The fourth-order valence-corrected chi connectivity index (χ4v) is 7.75. The number of nitrogens with zero attached hydrogens (tertiary/aromatic N) is 1. The highest BCUT2D eigenvalue weighted by atomic mass is 19.4. The molecule has 0 bridgehead atoms. The van der Waals surface area contributed by atoms with Crippen LogP contribution in [0.15, 0.2) is 128 Å². The third kappa shape index (κ3) is 16.7. The highest BCUT2D eigenvalue weighted by Crippen LogP contribution is 2.37. The van der Waals surface area contributed by atoms with Crippen LogP contribution in [0.2, 0.25) is 0 Å². The molecule has 2 unspecified atom stereocenters. The number of alkyl halides is 6. The molecule has 6 rings (SSSR count). The third-order valence-corrected chi connectivity index (χ3v) is 11.5. The van der Waals surface area contributed by atoms with Gasteiger partial charge in [-0.3, -0.25) is 24.2 Å². The molecule has 0 fully saturated rings. The van der Waals surface area contributed by atoms with Crippen molar-refractivity contribution in [2.75, 3.05) is 13.1 Å². The topological polar surface area (TPSA) is 164 Å². The fraction of sp³-hybridized carbons (Fsp3) is 0.304. The Morgan fingerprint density at radius 1 is 0.603 bits per heavy atom. The van der Waals surface area contributed by atoms with Crippen molar-refractivity contribution in [3.8, 4) is 33.9 Å². The van der Waals surface area contributed by atoms with Crippen LogP contribution in [0.25, 0.3) is 22.4 Å². The van der Waals surface area contributed by atoms with Crippen molar-refractivity contribution in [1.29, 1.82) is 0 Å². The van der Waals surface area contributed by atoms with E-state index in [-0.39, 0.29) is 55.9 Å². The first-order valence-electron chi connectivity index (χ1n) is 23.5. The Hall–Kier alpha value is -7.69. The fourth-order valence-electron chi connectivity index (χ4n) is 7.75. The number of carbonyl (C=O) groups excluding carboxylic acids is 2. The molecule has 1 heterocycles. The van der Waals surface area contributed by atoms with Gasteiger partial charge in [0.15, 0.2) is 0 Å². The molecular formula is C56H57F6N3O8. The van der Waals surface area contributed by atoms with E-state index in [2.05, 4.69) is 22.5 Å². The van der Waals surface area contributed by atoms with Gasteiger partial charge >= 0.3 is 24.3 Å². The van der Waals surface area contributed by atoms with Crippen molar-refractivity contribution in [2.24, 2.45) is 5.92 Å². The largest absolute Gasteiger partial charge is 0.485 e. The van der Waals surface area contributed by atoms with E-state index in [4.69, 9.17) is 19.7 Å². The van der Waals surface area contributed by atoms with E-state index < -0.39 is 35.4 Å². The van der Waals surface area contributed by atoms with E-state index in [1.54, 1.807) is 48.5 Å². The molecule has 2 atom stereocenters. The van der Waals surface area contributed by atoms with Crippen LogP contribution in [0.4, 0.5) is 26.3 Å². The molecule has 0 aliphatic heterocycles. The van der Waals surface area contributed by atoms with Gasteiger partial charge in [0.2, 0.25) is 0 Å². The molecule has 1 aromatic heterocycles. The number of carboxylic acids is 2. The predicted molar refractivity (Wildman–Crippen MR) is 264 cm³/mol. The van der Waals surface area contributed by atoms with Crippen molar-refractivity contribution < 1.29 is 65.2 Å². The lowest BCUT2D eigenvalue weighted by molar-refractivity contribution is -0.138. The number of hydrogen-bond donors (Lipinski definition) is 4. The summed E-state index contributed by atoms with van der Waals surface area (Å²) < 4.78 is 89.7. The summed E-state index contributed by atoms with van der Waals surface area (Å²) in [6.07, 6.45) is -5.50. The molecule has 17 heteroatoms. The van der Waals surface area contributed by atoms with E-state index in [9.17, 15) is 45.5 Å². The third-order valence-electron chi connectivity index (χ3n) is 11.5. The maximum absolute atomic E-state index is 12.9. The normalized spacial score (nSPS) is 12.2. The number of amides is 2. The molecule has 6 aromatic rings. The van der Waals surface area contributed by atoms with Gasteiger partial charge in [0, 0.05) is 29.8 Å². The lowest BCUT2D eigenvalue weighted by atomic mass is 9.94. The summed E-state index contributed by atoms with van der Waals surface area (Å²) in [5, 5.41) is 22.5. The summed E-state index contributed by atoms with van der Waals surface area (Å²) in [6, 6.07) is 31.0. The molecule has 5 aromatic carbocycles. The molecule has 0 aliphatic carbocycles. The standard InChI is InChI=1S/C29H30F3NO4.C27H27F3N2O4/c1-17(2)27(21-5-7-22(8-6-21)28(36)33-14-13-25(34)35)37-24-15-18(3)26(19(4)16-24)20-9-11-23(12-10-20)29(30,31)32;1-2-3-4-24(19-5-7-20(8-6-19)26(35)31-16-15-25(33)34)36-22-13-14-23(32-17-22)18-9-11-21(12-10-18)27(28,29)30/h5-12,15-17,27H,13-14H2,1-4H3,(H,33,36)(H,34,35);5-14,17,24H,2-4,15-16H2,1H3,(H,31,35)(H,33,34). The molecule has 73 heavy (non-hydrogen) atoms. The average molecular weight is 1010 g/mol. The zero-order valence-electron chi connectivity index (χ0n) is 40.9. The number of halogens is 6. The number of carboxylic acid groups (broad SMARTS) is 2. The van der Waals surface area contributed by atoms with Gasteiger partial charge in [-0.1, -0.05) is 75.7 Å². The number of aromatic nitrogens is 1. The van der Waals surface area contributed by atoms with Crippen LogP contribution in [0, 0.1) is 19.8 Å². The number of hydrogen-bond acceptors (Lipinski definition) is 7. The van der Waals surface area contributed by atoms with E-state index in [0.29, 0.717) is 39.4 Å². The number of benzene rings is 5. The first kappa shape index (κ1) is 56.2. The Morgan fingerprint density at radius 3 is 1.48 bits per heavy atom. The molecule has 0 saturated heterocycles. The first-order valence-corrected chi connectivity index (χ1v) is 23.5. The summed E-state index contributed by atoms with van der Waals surface area (Å²) >= 11 is 0. The lowest BCUT2D eigenvalue weighted by Crippen LogP contribution is -2.26. The number of rotatable bonds is 20. The smallest absolute Gasteiger partial charge is 0.416 e. The molecule has 0 aliphatic rings. The highest BCUT2D eigenvalue weighted by Gasteiger charge is 2.31. The van der Waals surface area contributed by atoms with Gasteiger partial charge in [0.05, 0.1) is 35.9 Å². The number of aryl methyl sites for hydroxylation is 2. The molecule has 11 nitrogen and oxygen atoms in total. The minimum absolute atomic E-state index is 0.0492. The predicted octanol–water partition coefficient (Wildman–Crippen LogP) is 13.3. The summed E-state index contributed by atoms with van der Waals surface area (Å²) in [4.78, 5) is 50.0. The minimum atomic E-state index is -4.39. The van der Waals surface area contributed by atoms with Gasteiger partial charge in [0.25, 0.3) is 11.8 Å². The Kier molecular flexibility index (Phi) is 19.7. The molecule has 0 spiro atoms. The second-order valence-electron chi connectivity index (χ2n) is 17.5. The van der Waals surface area contributed by atoms with Crippen molar-refractivity contribution in [2.45, 2.75) is 91.3 Å². The Labute approximate surface area is 419 Å². The lowest BCUT2D eigenvalue weighted by Gasteiger charge is -2.24. The van der Waals surface area contributed by atoms with E-state index in [0.717, 1.165) is 71.3 Å². The van der Waals surface area contributed by atoms with Gasteiger partial charge in [-0.05, 0) is 139 Å². The zero-order valence-corrected chi connectivity index (χ0v) is 40.9. The minimum Gasteiger partial charge on any atom is -0.485 e. The maximum atomic E-state index is 12.9. The first-order chi connectivity index (χ1) is 34.5. The molecule has 0 saturated carbocycles. The van der Waals surface area contributed by atoms with Crippen LogP contribution in [-0.2, 0) is 21.9 Å². The zero-order chi connectivity index (χ0) is 53.5. The van der Waals surface area contributed by atoms with Crippen LogP contribution in [0.3, 0.4) is 0 Å². The Balaban J connectivity index is 0.000000271. The van der Waals surface area contributed by atoms with Gasteiger partial charge in [-0.15, -0.1) is 0 Å². The number of pyridine rings is 1. The summed E-state index contributed by atoms with van der Waals surface area (Å²) in [5.74, 6) is -1.40. The van der Waals surface area contributed by atoms with Gasteiger partial charge in [0.1, 0.15) is 23.7 Å².